The third kappa shape index (κ3) is 10.5. The van der Waals surface area contributed by atoms with Gasteiger partial charge in [-0.2, -0.15) is 0 Å². The largest absolute Gasteiger partial charge is 0.427 e. The molecule has 0 aromatic rings. The first-order valence-corrected chi connectivity index (χ1v) is 18.9. The Hall–Kier alpha value is -3.81. The van der Waals surface area contributed by atoms with Gasteiger partial charge in [0.05, 0.1) is 0 Å². The van der Waals surface area contributed by atoms with Crippen molar-refractivity contribution in [3.05, 3.63) is 144 Å². The van der Waals surface area contributed by atoms with E-state index in [2.05, 4.69) is 109 Å². The summed E-state index contributed by atoms with van der Waals surface area (Å²) < 4.78 is 33.9. The highest BCUT2D eigenvalue weighted by Gasteiger charge is 2.53. The lowest BCUT2D eigenvalue weighted by molar-refractivity contribution is -0.463. The molecule has 4 aliphatic carbocycles. The van der Waals surface area contributed by atoms with Gasteiger partial charge in [0.15, 0.2) is 0 Å². The van der Waals surface area contributed by atoms with Crippen LogP contribution in [0, 0.1) is 21.7 Å². The molecule has 0 N–H and O–H groups in total. The molecule has 0 saturated carbocycles. The van der Waals surface area contributed by atoms with Crippen LogP contribution in [-0.4, -0.2) is 42.6 Å². The zero-order valence-electron chi connectivity index (χ0n) is 35.1. The minimum Gasteiger partial charge on any atom is -0.427 e. The van der Waals surface area contributed by atoms with E-state index in [1.54, 1.807) is 0 Å². The minimum absolute atomic E-state index is 0.119. The van der Waals surface area contributed by atoms with Crippen LogP contribution < -0.4 is 0 Å². The maximum Gasteiger partial charge on any atom is 0.352 e. The number of esters is 1. The van der Waals surface area contributed by atoms with Crippen molar-refractivity contribution in [3.8, 4) is 0 Å². The molecular formula is C48H64O6. The highest BCUT2D eigenvalue weighted by molar-refractivity contribution is 5.66. The van der Waals surface area contributed by atoms with Gasteiger partial charge in [0.2, 0.25) is 0 Å². The number of hydrogen-bond donors (Lipinski definition) is 0. The first-order chi connectivity index (χ1) is 24.7. The number of carbonyl (C=O) groups is 1. The van der Waals surface area contributed by atoms with Crippen molar-refractivity contribution < 1.29 is 28.5 Å². The number of carbonyl (C=O) groups excluding carboxylic acids is 1. The van der Waals surface area contributed by atoms with Gasteiger partial charge in [-0.05, 0) is 66.2 Å². The van der Waals surface area contributed by atoms with Crippen LogP contribution in [-0.2, 0) is 28.5 Å². The molecule has 0 aromatic carbocycles. The van der Waals surface area contributed by atoms with E-state index < -0.39 is 42.6 Å². The summed E-state index contributed by atoms with van der Waals surface area (Å²) in [7, 11) is 0. The SMILES string of the molecule is C=C1C=C(C(C)(C)C)C=CC1OC(OC(C)=O)C(OC1C=CC(C(C)(C)C)=CC1=C)(OC1C=CC(C(C)(C)C)=CC1=C)OC1C=CC(C(C)(C)C)=CC1=C. The second-order valence-corrected chi connectivity index (χ2v) is 18.9. The summed E-state index contributed by atoms with van der Waals surface area (Å²) in [5.41, 5.74) is 6.52. The topological polar surface area (TPSA) is 63.2 Å². The van der Waals surface area contributed by atoms with E-state index in [0.717, 1.165) is 22.3 Å². The maximum absolute atomic E-state index is 13.1. The van der Waals surface area contributed by atoms with Crippen LogP contribution >= 0.6 is 0 Å². The highest BCUT2D eigenvalue weighted by Crippen LogP contribution is 2.42. The Bertz CT molecular complexity index is 1640. The highest BCUT2D eigenvalue weighted by atomic mass is 16.9. The Morgan fingerprint density at radius 3 is 0.981 bits per heavy atom. The van der Waals surface area contributed by atoms with E-state index in [1.807, 2.05) is 72.9 Å². The van der Waals surface area contributed by atoms with Crippen molar-refractivity contribution in [2.75, 3.05) is 0 Å². The van der Waals surface area contributed by atoms with Gasteiger partial charge in [0, 0.05) is 6.92 Å². The zero-order valence-corrected chi connectivity index (χ0v) is 35.1. The van der Waals surface area contributed by atoms with E-state index in [-0.39, 0.29) is 21.7 Å². The molecule has 0 saturated heterocycles. The predicted octanol–water partition coefficient (Wildman–Crippen LogP) is 11.5. The van der Waals surface area contributed by atoms with Gasteiger partial charge in [-0.15, -0.1) is 0 Å². The predicted molar refractivity (Wildman–Crippen MR) is 221 cm³/mol. The first-order valence-electron chi connectivity index (χ1n) is 18.9. The van der Waals surface area contributed by atoms with Crippen molar-refractivity contribution in [2.45, 2.75) is 127 Å². The standard InChI is InChI=1S/C48H64O6/c1-30-26-35(44(6,7)8)18-22-39(30)51-43(50-34(5)49)48(52-40-23-19-36(27-31(40)2)45(9,10)11,53-41-24-20-37(28-32(41)3)46(12,13)14)54-42-25-21-38(29-33(42)4)47(15,16)17/h18-29,39-43H,1-4H2,5-17H3. The van der Waals surface area contributed by atoms with E-state index in [9.17, 15) is 4.79 Å². The molecular weight excluding hydrogens is 673 g/mol. The molecule has 0 heterocycles. The van der Waals surface area contributed by atoms with Crippen LogP contribution in [0.2, 0.25) is 0 Å². The van der Waals surface area contributed by atoms with E-state index in [4.69, 9.17) is 23.7 Å². The number of rotatable bonds is 10. The zero-order chi connectivity index (χ0) is 40.6. The number of allylic oxidation sites excluding steroid dienone is 8. The Morgan fingerprint density at radius 2 is 0.759 bits per heavy atom. The van der Waals surface area contributed by atoms with Gasteiger partial charge in [-0.25, -0.2) is 0 Å². The molecule has 0 spiro atoms. The normalized spacial score (nSPS) is 25.5. The van der Waals surface area contributed by atoms with E-state index in [1.165, 1.54) is 6.92 Å². The van der Waals surface area contributed by atoms with Gasteiger partial charge in [-0.1, -0.05) is 182 Å². The Morgan fingerprint density at radius 1 is 0.500 bits per heavy atom. The second-order valence-electron chi connectivity index (χ2n) is 18.9. The lowest BCUT2D eigenvalue weighted by atomic mass is 9.82. The minimum atomic E-state index is -2.20. The molecule has 292 valence electrons. The number of hydrogen-bond acceptors (Lipinski definition) is 6. The fourth-order valence-electron chi connectivity index (χ4n) is 6.17. The molecule has 4 aliphatic rings. The van der Waals surface area contributed by atoms with Crippen LogP contribution in [0.1, 0.15) is 90.0 Å². The number of ether oxygens (including phenoxy) is 5. The average Bonchev–Trinajstić information content (AvgIpc) is 3.02. The summed E-state index contributed by atoms with van der Waals surface area (Å²) in [5.74, 6) is -2.82. The van der Waals surface area contributed by atoms with Gasteiger partial charge in [0.25, 0.3) is 6.29 Å². The third-order valence-corrected chi connectivity index (χ3v) is 9.80. The van der Waals surface area contributed by atoms with Crippen LogP contribution in [0.3, 0.4) is 0 Å². The van der Waals surface area contributed by atoms with Crippen LogP contribution in [0.25, 0.3) is 0 Å². The molecule has 0 aliphatic heterocycles. The molecule has 5 atom stereocenters. The molecule has 54 heavy (non-hydrogen) atoms. The van der Waals surface area contributed by atoms with Crippen LogP contribution in [0.15, 0.2) is 144 Å². The lowest BCUT2D eigenvalue weighted by Crippen LogP contribution is -2.58. The van der Waals surface area contributed by atoms with Gasteiger partial charge >= 0.3 is 11.9 Å². The van der Waals surface area contributed by atoms with Gasteiger partial charge in [0.1, 0.15) is 24.4 Å². The van der Waals surface area contributed by atoms with E-state index in [0.29, 0.717) is 22.3 Å². The molecule has 4 rings (SSSR count). The molecule has 0 radical (unpaired) electrons. The molecule has 0 aromatic heterocycles. The fourth-order valence-corrected chi connectivity index (χ4v) is 6.17. The summed E-state index contributed by atoms with van der Waals surface area (Å²) in [6.07, 6.45) is 19.2. The molecule has 0 fully saturated rings. The monoisotopic (exact) mass is 736 g/mol. The van der Waals surface area contributed by atoms with Crippen molar-refractivity contribution >= 4 is 5.97 Å². The summed E-state index contributed by atoms with van der Waals surface area (Å²) in [6.45, 7) is 44.5. The second kappa shape index (κ2) is 15.7. The summed E-state index contributed by atoms with van der Waals surface area (Å²) >= 11 is 0. The molecule has 0 amide bonds. The third-order valence-electron chi connectivity index (χ3n) is 9.80. The van der Waals surface area contributed by atoms with Crippen molar-refractivity contribution in [1.29, 1.82) is 0 Å². The summed E-state index contributed by atoms with van der Waals surface area (Å²) in [5, 5.41) is 0. The Labute approximate surface area is 325 Å². The van der Waals surface area contributed by atoms with Gasteiger partial charge in [-0.3, -0.25) is 4.79 Å². The molecule has 5 unspecified atom stereocenters. The first kappa shape index (κ1) is 42.9. The molecule has 6 heteroatoms. The van der Waals surface area contributed by atoms with Gasteiger partial charge < -0.3 is 23.7 Å². The quantitative estimate of drug-likeness (QED) is 0.164. The summed E-state index contributed by atoms with van der Waals surface area (Å²) in [4.78, 5) is 13.1. The van der Waals surface area contributed by atoms with Crippen LogP contribution in [0.4, 0.5) is 0 Å². The maximum atomic E-state index is 13.1. The smallest absolute Gasteiger partial charge is 0.352 e. The Kier molecular flexibility index (Phi) is 12.5. The van der Waals surface area contributed by atoms with Crippen molar-refractivity contribution in [2.24, 2.45) is 21.7 Å². The van der Waals surface area contributed by atoms with Crippen molar-refractivity contribution in [3.63, 3.8) is 0 Å². The lowest BCUT2D eigenvalue weighted by Gasteiger charge is -2.45. The molecule has 6 nitrogen and oxygen atoms in total. The Balaban J connectivity index is 1.90. The average molecular weight is 737 g/mol. The van der Waals surface area contributed by atoms with Crippen molar-refractivity contribution in [1.82, 2.24) is 0 Å². The van der Waals surface area contributed by atoms with Crippen LogP contribution in [0.5, 0.6) is 0 Å². The molecule has 0 bridgehead atoms. The van der Waals surface area contributed by atoms with E-state index >= 15 is 0 Å². The summed E-state index contributed by atoms with van der Waals surface area (Å²) in [6, 6.07) is 0. The fraction of sp³-hybridized carbons (Fsp3) is 0.479.